The number of pyridine rings is 4. The third kappa shape index (κ3) is 5.30. The van der Waals surface area contributed by atoms with Crippen molar-refractivity contribution in [2.45, 2.75) is 38.9 Å². The van der Waals surface area contributed by atoms with Gasteiger partial charge in [-0.3, -0.25) is 19.9 Å². The van der Waals surface area contributed by atoms with Crippen molar-refractivity contribution in [1.82, 2.24) is 19.9 Å². The van der Waals surface area contributed by atoms with E-state index >= 15 is 0 Å². The van der Waals surface area contributed by atoms with Crippen molar-refractivity contribution in [3.05, 3.63) is 178 Å². The molecular formula is C38H34N4O2. The van der Waals surface area contributed by atoms with E-state index in [1.54, 1.807) is 0 Å². The lowest BCUT2D eigenvalue weighted by Gasteiger charge is -2.29. The summed E-state index contributed by atoms with van der Waals surface area (Å²) in [7, 11) is 0. The molecule has 4 aromatic heterocycles. The van der Waals surface area contributed by atoms with Crippen molar-refractivity contribution in [2.24, 2.45) is 0 Å². The molecule has 0 aliphatic carbocycles. The SMILES string of the molecule is Cc1cccc(C(O)(c2ccc(-c3ccc(C(O)(c4cccc(C)n4)c4cccc(C)n4)cc3)cc2)c2cccc(C)n2)n1. The summed E-state index contributed by atoms with van der Waals surface area (Å²) >= 11 is 0. The number of aryl methyl sites for hydroxylation is 4. The second-order valence-corrected chi connectivity index (χ2v) is 11.2. The molecule has 0 unspecified atom stereocenters. The molecule has 218 valence electrons. The highest BCUT2D eigenvalue weighted by atomic mass is 16.3. The van der Waals surface area contributed by atoms with Crippen LogP contribution in [0.5, 0.6) is 0 Å². The number of rotatable bonds is 7. The molecule has 0 spiro atoms. The summed E-state index contributed by atoms with van der Waals surface area (Å²) in [6.07, 6.45) is 0. The van der Waals surface area contributed by atoms with Gasteiger partial charge in [-0.05, 0) is 98.5 Å². The molecule has 0 fully saturated rings. The van der Waals surface area contributed by atoms with E-state index in [1.165, 1.54) is 0 Å². The van der Waals surface area contributed by atoms with Gasteiger partial charge in [-0.1, -0.05) is 72.8 Å². The molecule has 0 radical (unpaired) electrons. The maximum absolute atomic E-state index is 12.3. The molecule has 6 aromatic rings. The second kappa shape index (κ2) is 11.6. The van der Waals surface area contributed by atoms with Gasteiger partial charge < -0.3 is 10.2 Å². The third-order valence-corrected chi connectivity index (χ3v) is 7.97. The van der Waals surface area contributed by atoms with Crippen LogP contribution in [0, 0.1) is 27.7 Å². The number of aromatic nitrogens is 4. The zero-order valence-electron chi connectivity index (χ0n) is 25.2. The largest absolute Gasteiger partial charge is 0.373 e. The highest BCUT2D eigenvalue weighted by Crippen LogP contribution is 2.38. The van der Waals surface area contributed by atoms with Crippen molar-refractivity contribution in [3.63, 3.8) is 0 Å². The summed E-state index contributed by atoms with van der Waals surface area (Å²) in [5.41, 5.74) is 5.51. The number of hydrogen-bond acceptors (Lipinski definition) is 6. The molecule has 6 heteroatoms. The highest BCUT2D eigenvalue weighted by Gasteiger charge is 2.38. The molecule has 0 saturated carbocycles. The molecule has 0 aliphatic heterocycles. The van der Waals surface area contributed by atoms with Crippen LogP contribution in [0.3, 0.4) is 0 Å². The Balaban J connectivity index is 1.39. The smallest absolute Gasteiger partial charge is 0.174 e. The van der Waals surface area contributed by atoms with Crippen LogP contribution >= 0.6 is 0 Å². The van der Waals surface area contributed by atoms with E-state index in [-0.39, 0.29) is 0 Å². The molecule has 2 N–H and O–H groups in total. The Hall–Kier alpha value is -5.04. The minimum Gasteiger partial charge on any atom is -0.373 e. The third-order valence-electron chi connectivity index (χ3n) is 7.97. The Morgan fingerprint density at radius 1 is 0.364 bits per heavy atom. The fraction of sp³-hybridized carbons (Fsp3) is 0.158. The van der Waals surface area contributed by atoms with Gasteiger partial charge in [-0.15, -0.1) is 0 Å². The van der Waals surface area contributed by atoms with Crippen LogP contribution in [0.2, 0.25) is 0 Å². The van der Waals surface area contributed by atoms with Gasteiger partial charge in [0.2, 0.25) is 0 Å². The lowest BCUT2D eigenvalue weighted by molar-refractivity contribution is 0.115. The quantitative estimate of drug-likeness (QED) is 0.218. The molecule has 6 rings (SSSR count). The number of benzene rings is 2. The van der Waals surface area contributed by atoms with Crippen molar-refractivity contribution in [1.29, 1.82) is 0 Å². The number of aliphatic hydroxyl groups is 2. The van der Waals surface area contributed by atoms with Gasteiger partial charge in [0.15, 0.2) is 11.2 Å². The predicted octanol–water partition coefficient (Wildman–Crippen LogP) is 6.74. The lowest BCUT2D eigenvalue weighted by atomic mass is 9.84. The molecule has 44 heavy (non-hydrogen) atoms. The van der Waals surface area contributed by atoms with E-state index in [0.29, 0.717) is 33.9 Å². The van der Waals surface area contributed by atoms with Crippen LogP contribution in [0.15, 0.2) is 121 Å². The highest BCUT2D eigenvalue weighted by molar-refractivity contribution is 5.65. The molecule has 4 heterocycles. The van der Waals surface area contributed by atoms with Crippen LogP contribution < -0.4 is 0 Å². The maximum Gasteiger partial charge on any atom is 0.174 e. The average molecular weight is 579 g/mol. The molecule has 0 amide bonds. The first-order valence-corrected chi connectivity index (χ1v) is 14.6. The van der Waals surface area contributed by atoms with E-state index < -0.39 is 11.2 Å². The maximum atomic E-state index is 12.3. The second-order valence-electron chi connectivity index (χ2n) is 11.2. The molecular weight excluding hydrogens is 544 g/mol. The molecule has 0 bridgehead atoms. The Labute approximate surface area is 257 Å². The zero-order valence-corrected chi connectivity index (χ0v) is 25.2. The van der Waals surface area contributed by atoms with Crippen LogP contribution in [0.1, 0.15) is 56.7 Å². The van der Waals surface area contributed by atoms with Gasteiger partial charge in [0.05, 0.1) is 22.8 Å². The Kier molecular flexibility index (Phi) is 7.64. The van der Waals surface area contributed by atoms with Crippen LogP contribution in [0.4, 0.5) is 0 Å². The lowest BCUT2D eigenvalue weighted by Crippen LogP contribution is -2.31. The van der Waals surface area contributed by atoms with Crippen molar-refractivity contribution in [3.8, 4) is 11.1 Å². The van der Waals surface area contributed by atoms with Gasteiger partial charge in [-0.25, -0.2) is 0 Å². The molecule has 6 nitrogen and oxygen atoms in total. The zero-order chi connectivity index (χ0) is 30.9. The molecule has 0 aliphatic rings. The topological polar surface area (TPSA) is 92.0 Å². The van der Waals surface area contributed by atoms with Crippen molar-refractivity contribution < 1.29 is 10.2 Å². The average Bonchev–Trinajstić information content (AvgIpc) is 3.04. The summed E-state index contributed by atoms with van der Waals surface area (Å²) in [5.74, 6) is 0. The summed E-state index contributed by atoms with van der Waals surface area (Å²) in [5, 5.41) is 24.5. The first-order chi connectivity index (χ1) is 21.2. The van der Waals surface area contributed by atoms with E-state index in [9.17, 15) is 10.2 Å². The van der Waals surface area contributed by atoms with E-state index in [1.807, 2.05) is 149 Å². The number of nitrogens with zero attached hydrogens (tertiary/aromatic N) is 4. The normalized spacial score (nSPS) is 11.9. The number of hydrogen-bond donors (Lipinski definition) is 2. The minimum absolute atomic E-state index is 0.515. The fourth-order valence-corrected chi connectivity index (χ4v) is 5.64. The van der Waals surface area contributed by atoms with Crippen molar-refractivity contribution >= 4 is 0 Å². The first kappa shape index (κ1) is 29.1. The van der Waals surface area contributed by atoms with Gasteiger partial charge in [0.25, 0.3) is 0 Å². The Morgan fingerprint density at radius 2 is 0.614 bits per heavy atom. The van der Waals surface area contributed by atoms with Crippen LogP contribution in [0.25, 0.3) is 11.1 Å². The summed E-state index contributed by atoms with van der Waals surface area (Å²) in [6, 6.07) is 38.1. The van der Waals surface area contributed by atoms with E-state index in [0.717, 1.165) is 33.9 Å². The van der Waals surface area contributed by atoms with Gasteiger partial charge in [0, 0.05) is 22.8 Å². The Bertz CT molecular complexity index is 1700. The standard InChI is InChI=1S/C38H34N4O2/c1-25-9-5-13-33(39-25)37(43,34-14-6-10-26(2)40-34)31-21-17-29(18-22-31)30-19-23-32(24-20-30)38(44,35-15-7-11-27(3)41-35)36-16-8-12-28(4)42-36/h5-24,43-44H,1-4H3. The molecule has 0 saturated heterocycles. The van der Waals surface area contributed by atoms with Gasteiger partial charge in [-0.2, -0.15) is 0 Å². The van der Waals surface area contributed by atoms with Crippen molar-refractivity contribution in [2.75, 3.05) is 0 Å². The predicted molar refractivity (Wildman–Crippen MR) is 172 cm³/mol. The van der Waals surface area contributed by atoms with Crippen LogP contribution in [-0.4, -0.2) is 30.1 Å². The molecule has 0 atom stereocenters. The Morgan fingerprint density at radius 3 is 0.841 bits per heavy atom. The fourth-order valence-electron chi connectivity index (χ4n) is 5.64. The minimum atomic E-state index is -1.53. The van der Waals surface area contributed by atoms with Gasteiger partial charge in [0.1, 0.15) is 0 Å². The first-order valence-electron chi connectivity index (χ1n) is 14.6. The molecule has 2 aromatic carbocycles. The summed E-state index contributed by atoms with van der Waals surface area (Å²) in [4.78, 5) is 18.7. The monoisotopic (exact) mass is 578 g/mol. The van der Waals surface area contributed by atoms with E-state index in [4.69, 9.17) is 0 Å². The summed E-state index contributed by atoms with van der Waals surface area (Å²) in [6.45, 7) is 7.63. The van der Waals surface area contributed by atoms with E-state index in [2.05, 4.69) is 19.9 Å². The summed E-state index contributed by atoms with van der Waals surface area (Å²) < 4.78 is 0. The van der Waals surface area contributed by atoms with Gasteiger partial charge >= 0.3 is 0 Å². The van der Waals surface area contributed by atoms with Crippen LogP contribution in [-0.2, 0) is 11.2 Å².